The van der Waals surface area contributed by atoms with Gasteiger partial charge in [-0.05, 0) is 59.8 Å². The molecule has 1 aliphatic heterocycles. The average molecular weight is 463 g/mol. The Labute approximate surface area is 224 Å². The first-order chi connectivity index (χ1) is 17.0. The molecule has 2 N–H and O–H groups in total. The van der Waals surface area contributed by atoms with Gasteiger partial charge in [0, 0.05) is 12.4 Å². The zero-order valence-corrected chi connectivity index (χ0v) is 20.6. The Kier molecular flexibility index (Phi) is 7.58. The molecule has 0 saturated carbocycles. The van der Waals surface area contributed by atoms with Gasteiger partial charge in [-0.1, -0.05) is 43.3 Å². The van der Waals surface area contributed by atoms with Gasteiger partial charge < -0.3 is 10.5 Å². The number of benzene rings is 3. The van der Waals surface area contributed by atoms with Crippen molar-refractivity contribution in [3.63, 3.8) is 0 Å². The van der Waals surface area contributed by atoms with Gasteiger partial charge in [0.2, 0.25) is 0 Å². The quantitative estimate of drug-likeness (QED) is 0.360. The molecule has 1 unspecified atom stereocenters. The largest absolute Gasteiger partial charge is 1.00 e. The van der Waals surface area contributed by atoms with Crippen LogP contribution in [-0.2, 0) is 23.2 Å². The summed E-state index contributed by atoms with van der Waals surface area (Å²) in [5.74, 6) is 0.259. The summed E-state index contributed by atoms with van der Waals surface area (Å²) in [6, 6.07) is 25.5. The van der Waals surface area contributed by atoms with Crippen molar-refractivity contribution in [2.45, 2.75) is 31.7 Å². The van der Waals surface area contributed by atoms with Crippen molar-refractivity contribution in [3.8, 4) is 6.07 Å². The number of fused-ring (bicyclic) bond motifs is 6. The Morgan fingerprint density at radius 2 is 2.00 bits per heavy atom. The van der Waals surface area contributed by atoms with Crippen LogP contribution < -0.4 is 24.6 Å². The SMILES string of the molecule is CC1C=NC=C([C@]2(N)c3cc[c-]c(c3)/C(=C\[C-]=O)c3cccc(c3)CCc3cc2ccc3C#N)C1.[Li+]. The molecule has 0 radical (unpaired) electrons. The standard InChI is InChI=1S/C31H25N3O.Li/c1-21-14-29(20-34-19-21)31(33)27-7-3-6-25(17-27)30(12-13-35)24-5-2-4-22(15-24)8-9-23-16-28(31)11-10-26(23)18-32;/h2-5,7,10-12,15-17,19-21H,8-9,14,33H2,1H3;/q-2;+1/b30-12-;/t21?,31-;/m0./s1. The van der Waals surface area contributed by atoms with E-state index in [-0.39, 0.29) is 24.8 Å². The van der Waals surface area contributed by atoms with E-state index < -0.39 is 5.54 Å². The van der Waals surface area contributed by atoms with E-state index in [0.29, 0.717) is 12.0 Å². The van der Waals surface area contributed by atoms with E-state index in [1.54, 1.807) is 0 Å². The van der Waals surface area contributed by atoms with Crippen LogP contribution in [0.25, 0.3) is 5.57 Å². The number of allylic oxidation sites excluding steroid dienone is 1. The van der Waals surface area contributed by atoms with Gasteiger partial charge in [0.15, 0.2) is 0 Å². The summed E-state index contributed by atoms with van der Waals surface area (Å²) in [6.45, 7) is 2.13. The Morgan fingerprint density at radius 1 is 1.17 bits per heavy atom. The molecule has 3 aromatic carbocycles. The van der Waals surface area contributed by atoms with Crippen molar-refractivity contribution in [2.75, 3.05) is 0 Å². The van der Waals surface area contributed by atoms with E-state index in [0.717, 1.165) is 57.4 Å². The van der Waals surface area contributed by atoms with Crippen LogP contribution in [0.5, 0.6) is 0 Å². The first-order valence-corrected chi connectivity index (χ1v) is 11.8. The predicted octanol–water partition coefficient (Wildman–Crippen LogP) is 2.20. The van der Waals surface area contributed by atoms with Gasteiger partial charge in [0.05, 0.1) is 17.2 Å². The molecule has 0 saturated heterocycles. The smallest absolute Gasteiger partial charge is 0.419 e. The maximum Gasteiger partial charge on any atom is 1.00 e. The van der Waals surface area contributed by atoms with Crippen LogP contribution in [0.2, 0.25) is 0 Å². The number of hydrogen-bond acceptors (Lipinski definition) is 4. The summed E-state index contributed by atoms with van der Waals surface area (Å²) in [6.07, 6.45) is 9.46. The number of aliphatic imine (C=N–C) groups is 1. The Morgan fingerprint density at radius 3 is 2.78 bits per heavy atom. The molecular formula is C31H25LiN3O-. The van der Waals surface area contributed by atoms with Crippen molar-refractivity contribution in [3.05, 3.63) is 124 Å². The zero-order valence-electron chi connectivity index (χ0n) is 20.6. The molecule has 3 aromatic rings. The Bertz CT molecular complexity index is 1450. The van der Waals surface area contributed by atoms with Gasteiger partial charge in [-0.3, -0.25) is 4.99 Å². The second-order valence-electron chi connectivity index (χ2n) is 9.29. The summed E-state index contributed by atoms with van der Waals surface area (Å²) in [5, 5.41) is 9.80. The first-order valence-electron chi connectivity index (χ1n) is 11.8. The van der Waals surface area contributed by atoms with Gasteiger partial charge in [0.1, 0.15) is 0 Å². The Balaban J connectivity index is 0.00000304. The number of nitriles is 1. The molecule has 1 heterocycles. The number of rotatable bonds is 2. The molecule has 2 atom stereocenters. The van der Waals surface area contributed by atoms with E-state index >= 15 is 0 Å². The van der Waals surface area contributed by atoms with Crippen LogP contribution in [0, 0.1) is 23.3 Å². The number of aryl methyl sites for hydroxylation is 2. The van der Waals surface area contributed by atoms with Crippen LogP contribution in [0.4, 0.5) is 0 Å². The van der Waals surface area contributed by atoms with Gasteiger partial charge in [-0.25, -0.2) is 0 Å². The molecule has 1 aliphatic carbocycles. The first kappa shape index (κ1) is 25.6. The molecule has 2 aliphatic rings. The molecule has 4 nitrogen and oxygen atoms in total. The molecule has 0 aromatic heterocycles. The topological polar surface area (TPSA) is 79.2 Å². The second-order valence-corrected chi connectivity index (χ2v) is 9.29. The summed E-state index contributed by atoms with van der Waals surface area (Å²) in [5.41, 5.74) is 14.4. The molecule has 0 spiro atoms. The van der Waals surface area contributed by atoms with Crippen LogP contribution in [-0.4, -0.2) is 12.5 Å². The van der Waals surface area contributed by atoms with Crippen LogP contribution in [0.3, 0.4) is 0 Å². The maximum absolute atomic E-state index is 11.5. The zero-order chi connectivity index (χ0) is 24.4. The van der Waals surface area contributed by atoms with Crippen LogP contribution in [0.15, 0.2) is 83.5 Å². The number of carbonyl (C=O) groups excluding carboxylic acids is 1. The van der Waals surface area contributed by atoms with Crippen LogP contribution >= 0.6 is 0 Å². The molecule has 0 amide bonds. The molecule has 5 heteroatoms. The summed E-state index contributed by atoms with van der Waals surface area (Å²) < 4.78 is 0. The minimum atomic E-state index is -0.957. The predicted molar refractivity (Wildman–Crippen MR) is 138 cm³/mol. The minimum absolute atomic E-state index is 0. The van der Waals surface area contributed by atoms with E-state index in [9.17, 15) is 10.1 Å². The Hall–Kier alpha value is -3.47. The maximum atomic E-state index is 11.5. The minimum Gasteiger partial charge on any atom is -0.419 e. The van der Waals surface area contributed by atoms with Gasteiger partial charge in [0.25, 0.3) is 0 Å². The normalized spacial score (nSPS) is 21.6. The average Bonchev–Trinajstić information content (AvgIpc) is 2.90. The van der Waals surface area contributed by atoms with Crippen molar-refractivity contribution >= 4 is 18.1 Å². The van der Waals surface area contributed by atoms with E-state index in [2.05, 4.69) is 42.3 Å². The van der Waals surface area contributed by atoms with Gasteiger partial charge in [-0.2, -0.15) is 28.5 Å². The molecule has 172 valence electrons. The van der Waals surface area contributed by atoms with Crippen molar-refractivity contribution in [1.82, 2.24) is 0 Å². The third kappa shape index (κ3) is 4.67. The molecule has 5 rings (SSSR count). The third-order valence-electron chi connectivity index (χ3n) is 6.97. The van der Waals surface area contributed by atoms with Crippen molar-refractivity contribution in [2.24, 2.45) is 16.6 Å². The van der Waals surface area contributed by atoms with E-state index in [1.165, 1.54) is 6.08 Å². The van der Waals surface area contributed by atoms with Gasteiger partial charge >= 0.3 is 18.9 Å². The fraction of sp³-hybridized carbons (Fsp3) is 0.194. The second kappa shape index (κ2) is 10.6. The number of nitrogens with two attached hydrogens (primary N) is 1. The fourth-order valence-electron chi connectivity index (χ4n) is 5.10. The molecule has 36 heavy (non-hydrogen) atoms. The third-order valence-corrected chi connectivity index (χ3v) is 6.97. The van der Waals surface area contributed by atoms with Gasteiger partial charge in [-0.15, -0.1) is 29.3 Å². The van der Waals surface area contributed by atoms with E-state index in [4.69, 9.17) is 5.73 Å². The number of hydrogen-bond donors (Lipinski definition) is 1. The molecule has 6 bridgehead atoms. The monoisotopic (exact) mass is 462 g/mol. The molecule has 0 fully saturated rings. The van der Waals surface area contributed by atoms with Crippen molar-refractivity contribution in [1.29, 1.82) is 5.26 Å². The van der Waals surface area contributed by atoms with Crippen LogP contribution in [0.1, 0.15) is 52.3 Å². The fourth-order valence-corrected chi connectivity index (χ4v) is 5.10. The summed E-state index contributed by atoms with van der Waals surface area (Å²) in [4.78, 5) is 16.0. The summed E-state index contributed by atoms with van der Waals surface area (Å²) in [7, 11) is 0. The summed E-state index contributed by atoms with van der Waals surface area (Å²) >= 11 is 0. The van der Waals surface area contributed by atoms with Crippen molar-refractivity contribution < 1.29 is 23.7 Å². The molecular weight excluding hydrogens is 437 g/mol. The number of nitrogens with zero attached hydrogens (tertiary/aromatic N) is 2. The van der Waals surface area contributed by atoms with E-state index in [1.807, 2.05) is 61.2 Å².